The molecule has 0 saturated heterocycles. The molecule has 4 nitrogen and oxygen atoms in total. The number of hydrogen-bond donors (Lipinski definition) is 1. The summed E-state index contributed by atoms with van der Waals surface area (Å²) in [6.07, 6.45) is 4.55. The second-order valence-corrected chi connectivity index (χ2v) is 8.51. The van der Waals surface area contributed by atoms with E-state index in [0.29, 0.717) is 6.61 Å². The summed E-state index contributed by atoms with van der Waals surface area (Å²) in [6.45, 7) is 5.74. The Kier molecular flexibility index (Phi) is 5.48. The van der Waals surface area contributed by atoms with E-state index in [1.807, 2.05) is 43.3 Å². The van der Waals surface area contributed by atoms with Crippen LogP contribution in [-0.2, 0) is 5.72 Å². The topological polar surface area (TPSA) is 35.7 Å². The van der Waals surface area contributed by atoms with E-state index in [9.17, 15) is 5.11 Å². The molecule has 0 fully saturated rings. The summed E-state index contributed by atoms with van der Waals surface area (Å²) < 4.78 is 9.05. The van der Waals surface area contributed by atoms with Crippen molar-refractivity contribution in [3.8, 4) is 5.75 Å². The van der Waals surface area contributed by atoms with Gasteiger partial charge in [-0.05, 0) is 81.6 Å². The van der Waals surface area contributed by atoms with Crippen molar-refractivity contribution in [2.45, 2.75) is 51.3 Å². The molecular formula is C23H28BrN2O2+. The molecule has 2 atom stereocenters. The molecule has 0 aromatic heterocycles. The molecule has 4 rings (SSSR count). The predicted octanol–water partition coefficient (Wildman–Crippen LogP) is 4.89. The number of ether oxygens (including phenoxy) is 1. The standard InChI is InChI=1S/C23H28BrN2O2/c1-3-28-21-14-8-18(9-15-21)23(27)17(2)25-16-6-4-5-7-22(25)26(23)20-12-10-19(24)11-13-20/h8-15,17,27H,3-7,16H2,1-2H3/q+1. The first-order chi connectivity index (χ1) is 13.6. The highest BCUT2D eigenvalue weighted by Crippen LogP contribution is 2.42. The van der Waals surface area contributed by atoms with E-state index >= 15 is 0 Å². The summed E-state index contributed by atoms with van der Waals surface area (Å²) >= 11 is 3.53. The Balaban J connectivity index is 1.82. The molecule has 148 valence electrons. The molecular weight excluding hydrogens is 416 g/mol. The van der Waals surface area contributed by atoms with Gasteiger partial charge in [-0.25, -0.2) is 0 Å². The molecule has 0 aliphatic carbocycles. The van der Waals surface area contributed by atoms with Crippen LogP contribution in [0.25, 0.3) is 0 Å². The van der Waals surface area contributed by atoms with E-state index in [1.165, 1.54) is 18.7 Å². The maximum absolute atomic E-state index is 12.2. The van der Waals surface area contributed by atoms with Crippen molar-refractivity contribution in [1.29, 1.82) is 0 Å². The van der Waals surface area contributed by atoms with Gasteiger partial charge >= 0.3 is 0 Å². The van der Waals surface area contributed by atoms with Gasteiger partial charge in [-0.1, -0.05) is 15.9 Å². The third-order valence-corrected chi connectivity index (χ3v) is 6.48. The van der Waals surface area contributed by atoms with Crippen molar-refractivity contribution >= 4 is 27.5 Å². The van der Waals surface area contributed by atoms with E-state index in [-0.39, 0.29) is 6.04 Å². The Morgan fingerprint density at radius 1 is 1.11 bits per heavy atom. The minimum absolute atomic E-state index is 0.0396. The second kappa shape index (κ2) is 7.88. The average molecular weight is 444 g/mol. The number of nitrogens with zero attached hydrogens (tertiary/aromatic N) is 2. The lowest BCUT2D eigenvalue weighted by Crippen LogP contribution is -2.51. The van der Waals surface area contributed by atoms with Crippen LogP contribution in [0.15, 0.2) is 53.0 Å². The first kappa shape index (κ1) is 19.5. The SMILES string of the molecule is CCOc1ccc(C2(O)C(C)[N+]3=C(CCCCC3)N2c2ccc(Br)cc2)cc1. The van der Waals surface area contributed by atoms with Crippen molar-refractivity contribution in [2.75, 3.05) is 18.1 Å². The largest absolute Gasteiger partial charge is 0.494 e. The fourth-order valence-electron chi connectivity index (χ4n) is 4.54. The number of amidine groups is 1. The Hall–Kier alpha value is -1.85. The molecule has 28 heavy (non-hydrogen) atoms. The van der Waals surface area contributed by atoms with Crippen LogP contribution in [0.5, 0.6) is 5.75 Å². The van der Waals surface area contributed by atoms with Gasteiger partial charge < -0.3 is 9.84 Å². The Morgan fingerprint density at radius 2 is 1.82 bits per heavy atom. The van der Waals surface area contributed by atoms with Crippen LogP contribution in [0.1, 0.15) is 45.1 Å². The van der Waals surface area contributed by atoms with Gasteiger partial charge in [0.1, 0.15) is 11.4 Å². The van der Waals surface area contributed by atoms with Crippen LogP contribution in [-0.4, -0.2) is 34.7 Å². The van der Waals surface area contributed by atoms with Crippen molar-refractivity contribution in [2.24, 2.45) is 0 Å². The minimum atomic E-state index is -1.12. The number of benzene rings is 2. The average Bonchev–Trinajstić information content (AvgIpc) is 2.86. The smallest absolute Gasteiger partial charge is 0.278 e. The van der Waals surface area contributed by atoms with Crippen molar-refractivity contribution < 1.29 is 14.4 Å². The van der Waals surface area contributed by atoms with Gasteiger partial charge in [-0.15, -0.1) is 0 Å². The summed E-state index contributed by atoms with van der Waals surface area (Å²) in [5, 5.41) is 12.2. The summed E-state index contributed by atoms with van der Waals surface area (Å²) in [7, 11) is 0. The minimum Gasteiger partial charge on any atom is -0.494 e. The van der Waals surface area contributed by atoms with Crippen LogP contribution < -0.4 is 9.64 Å². The van der Waals surface area contributed by atoms with Crippen molar-refractivity contribution in [1.82, 2.24) is 0 Å². The summed E-state index contributed by atoms with van der Waals surface area (Å²) in [5.74, 6) is 2.06. The molecule has 2 heterocycles. The van der Waals surface area contributed by atoms with Gasteiger partial charge in [0.05, 0.1) is 13.2 Å². The molecule has 0 bridgehead atoms. The fraction of sp³-hybridized carbons (Fsp3) is 0.435. The van der Waals surface area contributed by atoms with Crippen molar-refractivity contribution in [3.05, 3.63) is 58.6 Å². The van der Waals surface area contributed by atoms with Gasteiger partial charge in [0.15, 0.2) is 6.04 Å². The second-order valence-electron chi connectivity index (χ2n) is 7.59. The molecule has 2 aliphatic rings. The van der Waals surface area contributed by atoms with Crippen LogP contribution in [0, 0.1) is 0 Å². The molecule has 5 heteroatoms. The van der Waals surface area contributed by atoms with E-state index in [4.69, 9.17) is 4.74 Å². The number of anilines is 1. The maximum Gasteiger partial charge on any atom is 0.278 e. The lowest BCUT2D eigenvalue weighted by atomic mass is 9.93. The van der Waals surface area contributed by atoms with Crippen LogP contribution in [0.3, 0.4) is 0 Å². The van der Waals surface area contributed by atoms with E-state index in [1.54, 1.807) is 0 Å². The number of hydrogen-bond acceptors (Lipinski definition) is 3. The zero-order valence-corrected chi connectivity index (χ0v) is 18.2. The van der Waals surface area contributed by atoms with Gasteiger partial charge in [0.25, 0.3) is 11.6 Å². The molecule has 2 aromatic rings. The summed E-state index contributed by atoms with van der Waals surface area (Å²) in [5.41, 5.74) is 0.795. The quantitative estimate of drug-likeness (QED) is 0.683. The predicted molar refractivity (Wildman–Crippen MR) is 116 cm³/mol. The molecule has 2 aliphatic heterocycles. The highest BCUT2D eigenvalue weighted by molar-refractivity contribution is 9.10. The van der Waals surface area contributed by atoms with E-state index in [2.05, 4.69) is 44.5 Å². The third kappa shape index (κ3) is 3.25. The summed E-state index contributed by atoms with van der Waals surface area (Å²) in [4.78, 5) is 2.16. The lowest BCUT2D eigenvalue weighted by molar-refractivity contribution is -0.571. The molecule has 0 radical (unpaired) electrons. The highest BCUT2D eigenvalue weighted by atomic mass is 79.9. The molecule has 0 saturated carbocycles. The van der Waals surface area contributed by atoms with E-state index in [0.717, 1.165) is 40.9 Å². The fourth-order valence-corrected chi connectivity index (χ4v) is 4.81. The van der Waals surface area contributed by atoms with E-state index < -0.39 is 5.72 Å². The maximum atomic E-state index is 12.2. The molecule has 2 aromatic carbocycles. The first-order valence-electron chi connectivity index (χ1n) is 10.2. The van der Waals surface area contributed by atoms with Crippen molar-refractivity contribution in [3.63, 3.8) is 0 Å². The van der Waals surface area contributed by atoms with Crippen LogP contribution >= 0.6 is 15.9 Å². The van der Waals surface area contributed by atoms with Gasteiger partial charge in [0, 0.05) is 16.5 Å². The number of aliphatic hydroxyl groups is 1. The van der Waals surface area contributed by atoms with Crippen LogP contribution in [0.2, 0.25) is 0 Å². The van der Waals surface area contributed by atoms with Gasteiger partial charge in [0.2, 0.25) is 0 Å². The first-order valence-corrected chi connectivity index (χ1v) is 11.0. The van der Waals surface area contributed by atoms with Gasteiger partial charge in [-0.3, -0.25) is 4.58 Å². The molecule has 0 spiro atoms. The molecule has 1 N–H and O–H groups in total. The van der Waals surface area contributed by atoms with Gasteiger partial charge in [-0.2, -0.15) is 4.90 Å². The molecule has 2 unspecified atom stereocenters. The van der Waals surface area contributed by atoms with Crippen LogP contribution in [0.4, 0.5) is 5.69 Å². The lowest BCUT2D eigenvalue weighted by Gasteiger charge is -2.32. The molecule has 0 amide bonds. The zero-order valence-electron chi connectivity index (χ0n) is 16.6. The Morgan fingerprint density at radius 3 is 2.50 bits per heavy atom. The summed E-state index contributed by atoms with van der Waals surface area (Å²) in [6, 6.07) is 16.1. The Bertz CT molecular complexity index is 863. The number of halogens is 1. The normalized spacial score (nSPS) is 24.9. The highest BCUT2D eigenvalue weighted by Gasteiger charge is 2.59. The third-order valence-electron chi connectivity index (χ3n) is 5.96. The zero-order chi connectivity index (χ0) is 19.7. The number of rotatable bonds is 4. The Labute approximate surface area is 175 Å². The monoisotopic (exact) mass is 443 g/mol.